The number of carbonyl (C=O) groups is 1. The SMILES string of the molecule is COc1ccc(-c2coc3cc(OC)c(/C(C)=C/C(=O)NC4CCCCC4)cc23)cc1OC. The lowest BCUT2D eigenvalue weighted by Gasteiger charge is -2.22. The predicted octanol–water partition coefficient (Wildman–Crippen LogP) is 5.98. The summed E-state index contributed by atoms with van der Waals surface area (Å²) in [4.78, 5) is 12.7. The third-order valence-electron chi connectivity index (χ3n) is 6.31. The van der Waals surface area contributed by atoms with E-state index >= 15 is 0 Å². The van der Waals surface area contributed by atoms with Crippen molar-refractivity contribution in [3.63, 3.8) is 0 Å². The minimum atomic E-state index is -0.0612. The van der Waals surface area contributed by atoms with E-state index in [1.807, 2.05) is 37.3 Å². The minimum absolute atomic E-state index is 0.0612. The highest BCUT2D eigenvalue weighted by atomic mass is 16.5. The molecule has 0 spiro atoms. The van der Waals surface area contributed by atoms with Crippen LogP contribution in [0.2, 0.25) is 0 Å². The summed E-state index contributed by atoms with van der Waals surface area (Å²) in [7, 11) is 4.85. The quantitative estimate of drug-likeness (QED) is 0.450. The van der Waals surface area contributed by atoms with Crippen molar-refractivity contribution in [2.45, 2.75) is 45.1 Å². The second-order valence-corrected chi connectivity index (χ2v) is 8.44. The van der Waals surface area contributed by atoms with Gasteiger partial charge in [-0.2, -0.15) is 0 Å². The molecule has 6 nitrogen and oxygen atoms in total. The molecule has 0 radical (unpaired) electrons. The summed E-state index contributed by atoms with van der Waals surface area (Å²) in [5.41, 5.74) is 4.27. The topological polar surface area (TPSA) is 69.9 Å². The van der Waals surface area contributed by atoms with Gasteiger partial charge in [-0.1, -0.05) is 25.3 Å². The summed E-state index contributed by atoms with van der Waals surface area (Å²) in [6.07, 6.45) is 9.11. The van der Waals surface area contributed by atoms with Gasteiger partial charge in [0.25, 0.3) is 0 Å². The fourth-order valence-corrected chi connectivity index (χ4v) is 4.52. The first-order valence-electron chi connectivity index (χ1n) is 11.3. The van der Waals surface area contributed by atoms with E-state index in [0.717, 1.165) is 40.5 Å². The number of hydrogen-bond donors (Lipinski definition) is 1. The smallest absolute Gasteiger partial charge is 0.244 e. The molecule has 1 aliphatic carbocycles. The van der Waals surface area contributed by atoms with Crippen LogP contribution in [0.5, 0.6) is 17.2 Å². The zero-order valence-corrected chi connectivity index (χ0v) is 19.7. The molecule has 1 aromatic heterocycles. The van der Waals surface area contributed by atoms with Crippen molar-refractivity contribution >= 4 is 22.4 Å². The zero-order valence-electron chi connectivity index (χ0n) is 19.7. The summed E-state index contributed by atoms with van der Waals surface area (Å²) in [5, 5.41) is 4.08. The lowest BCUT2D eigenvalue weighted by atomic mass is 9.95. The number of rotatable bonds is 7. The maximum Gasteiger partial charge on any atom is 0.244 e. The summed E-state index contributed by atoms with van der Waals surface area (Å²) in [6, 6.07) is 9.92. The molecule has 1 aliphatic rings. The largest absolute Gasteiger partial charge is 0.496 e. The number of nitrogens with one attached hydrogen (secondary N) is 1. The molecule has 174 valence electrons. The molecule has 33 heavy (non-hydrogen) atoms. The van der Waals surface area contributed by atoms with E-state index in [9.17, 15) is 4.79 Å². The number of allylic oxidation sites excluding steroid dienone is 1. The highest BCUT2D eigenvalue weighted by molar-refractivity contribution is 6.00. The molecule has 0 saturated heterocycles. The van der Waals surface area contributed by atoms with Gasteiger partial charge in [-0.15, -0.1) is 0 Å². The van der Waals surface area contributed by atoms with Crippen LogP contribution in [0.3, 0.4) is 0 Å². The molecule has 1 heterocycles. The Morgan fingerprint density at radius 2 is 1.70 bits per heavy atom. The Morgan fingerprint density at radius 3 is 2.39 bits per heavy atom. The van der Waals surface area contributed by atoms with E-state index in [1.54, 1.807) is 33.7 Å². The summed E-state index contributed by atoms with van der Waals surface area (Å²) < 4.78 is 22.3. The van der Waals surface area contributed by atoms with Crippen LogP contribution in [0.4, 0.5) is 0 Å². The third-order valence-corrected chi connectivity index (χ3v) is 6.31. The fourth-order valence-electron chi connectivity index (χ4n) is 4.52. The van der Waals surface area contributed by atoms with Crippen molar-refractivity contribution in [2.24, 2.45) is 0 Å². The monoisotopic (exact) mass is 449 g/mol. The Morgan fingerprint density at radius 1 is 0.970 bits per heavy atom. The molecule has 0 aliphatic heterocycles. The van der Waals surface area contributed by atoms with Crippen molar-refractivity contribution < 1.29 is 23.4 Å². The Hall–Kier alpha value is -3.41. The van der Waals surface area contributed by atoms with Crippen LogP contribution in [0.15, 0.2) is 47.1 Å². The lowest BCUT2D eigenvalue weighted by Crippen LogP contribution is -2.35. The summed E-state index contributed by atoms with van der Waals surface area (Å²) >= 11 is 0. The maximum atomic E-state index is 12.7. The molecule has 6 heteroatoms. The van der Waals surface area contributed by atoms with E-state index in [1.165, 1.54) is 19.3 Å². The van der Waals surface area contributed by atoms with E-state index in [4.69, 9.17) is 18.6 Å². The van der Waals surface area contributed by atoms with Crippen molar-refractivity contribution in [2.75, 3.05) is 21.3 Å². The number of hydrogen-bond acceptors (Lipinski definition) is 5. The number of furan rings is 1. The molecule has 0 bridgehead atoms. The summed E-state index contributed by atoms with van der Waals surface area (Å²) in [5.74, 6) is 1.91. The van der Waals surface area contributed by atoms with E-state index < -0.39 is 0 Å². The number of carbonyl (C=O) groups excluding carboxylic acids is 1. The standard InChI is InChI=1S/C27H31NO5/c1-17(12-27(29)28-19-8-6-5-7-9-19)20-14-21-22(16-33-25(21)15-24(20)31-3)18-10-11-23(30-2)26(13-18)32-4/h10-16,19H,5-9H2,1-4H3,(H,28,29)/b17-12+. The molecular formula is C27H31NO5. The van der Waals surface area contributed by atoms with E-state index in [-0.39, 0.29) is 11.9 Å². The van der Waals surface area contributed by atoms with Gasteiger partial charge in [0.15, 0.2) is 11.5 Å². The van der Waals surface area contributed by atoms with Crippen LogP contribution in [0.25, 0.3) is 27.7 Å². The molecule has 1 saturated carbocycles. The highest BCUT2D eigenvalue weighted by Crippen LogP contribution is 2.39. The van der Waals surface area contributed by atoms with Gasteiger partial charge in [-0.05, 0) is 49.1 Å². The molecular weight excluding hydrogens is 418 g/mol. The number of ether oxygens (including phenoxy) is 3. The average molecular weight is 450 g/mol. The van der Waals surface area contributed by atoms with Gasteiger partial charge in [0.05, 0.1) is 27.6 Å². The van der Waals surface area contributed by atoms with Crippen molar-refractivity contribution in [1.82, 2.24) is 5.32 Å². The lowest BCUT2D eigenvalue weighted by molar-refractivity contribution is -0.117. The number of fused-ring (bicyclic) bond motifs is 1. The normalized spacial score (nSPS) is 14.8. The fraction of sp³-hybridized carbons (Fsp3) is 0.370. The van der Waals surface area contributed by atoms with Gasteiger partial charge in [-0.25, -0.2) is 0 Å². The first-order valence-corrected chi connectivity index (χ1v) is 11.3. The van der Waals surface area contributed by atoms with Crippen LogP contribution in [0, 0.1) is 0 Å². The molecule has 0 unspecified atom stereocenters. The van der Waals surface area contributed by atoms with Gasteiger partial charge >= 0.3 is 0 Å². The van der Waals surface area contributed by atoms with Crippen molar-refractivity contribution in [1.29, 1.82) is 0 Å². The molecule has 1 fully saturated rings. The Kier molecular flexibility index (Phi) is 6.92. The second kappa shape index (κ2) is 10.0. The van der Waals surface area contributed by atoms with Crippen LogP contribution in [0.1, 0.15) is 44.6 Å². The van der Waals surface area contributed by atoms with Gasteiger partial charge in [-0.3, -0.25) is 4.79 Å². The molecule has 0 atom stereocenters. The second-order valence-electron chi connectivity index (χ2n) is 8.44. The van der Waals surface area contributed by atoms with Crippen molar-refractivity contribution in [3.8, 4) is 28.4 Å². The third kappa shape index (κ3) is 4.85. The molecule has 2 aromatic carbocycles. The molecule has 4 rings (SSSR count). The maximum absolute atomic E-state index is 12.7. The summed E-state index contributed by atoms with van der Waals surface area (Å²) in [6.45, 7) is 1.93. The number of methoxy groups -OCH3 is 3. The van der Waals surface area contributed by atoms with Gasteiger partial charge < -0.3 is 23.9 Å². The Bertz CT molecular complexity index is 1170. The average Bonchev–Trinajstić information content (AvgIpc) is 3.26. The zero-order chi connectivity index (χ0) is 23.4. The predicted molar refractivity (Wildman–Crippen MR) is 130 cm³/mol. The first-order chi connectivity index (χ1) is 16.0. The number of benzene rings is 2. The van der Waals surface area contributed by atoms with E-state index in [0.29, 0.717) is 22.8 Å². The first kappa shape index (κ1) is 22.8. The van der Waals surface area contributed by atoms with Crippen LogP contribution >= 0.6 is 0 Å². The number of amides is 1. The Balaban J connectivity index is 1.69. The van der Waals surface area contributed by atoms with Gasteiger partial charge in [0, 0.05) is 34.7 Å². The van der Waals surface area contributed by atoms with Crippen LogP contribution in [-0.2, 0) is 4.79 Å². The van der Waals surface area contributed by atoms with Gasteiger partial charge in [0.2, 0.25) is 5.91 Å². The molecule has 1 amide bonds. The van der Waals surface area contributed by atoms with Crippen LogP contribution < -0.4 is 19.5 Å². The minimum Gasteiger partial charge on any atom is -0.496 e. The van der Waals surface area contributed by atoms with Gasteiger partial charge in [0.1, 0.15) is 11.3 Å². The highest BCUT2D eigenvalue weighted by Gasteiger charge is 2.18. The molecule has 3 aromatic rings. The van der Waals surface area contributed by atoms with E-state index in [2.05, 4.69) is 5.32 Å². The Labute approximate surface area is 194 Å². The van der Waals surface area contributed by atoms with Crippen LogP contribution in [-0.4, -0.2) is 33.3 Å². The van der Waals surface area contributed by atoms with Crippen molar-refractivity contribution in [3.05, 3.63) is 48.2 Å². The molecule has 1 N–H and O–H groups in total.